The molecule has 2 fully saturated rings. The van der Waals surface area contributed by atoms with E-state index in [4.69, 9.17) is 20.2 Å². The molecule has 7 nitrogen and oxygen atoms in total. The van der Waals surface area contributed by atoms with E-state index in [1.165, 1.54) is 51.4 Å². The molecule has 8 heteroatoms. The molecule has 0 aromatic heterocycles. The van der Waals surface area contributed by atoms with Crippen LogP contribution in [0.15, 0.2) is 47.5 Å². The quantitative estimate of drug-likeness (QED) is 0.264. The Morgan fingerprint density at radius 2 is 1.74 bits per heavy atom. The van der Waals surface area contributed by atoms with Crippen LogP contribution >= 0.6 is 0 Å². The molecule has 0 saturated heterocycles. The van der Waals surface area contributed by atoms with Crippen molar-refractivity contribution in [3.05, 3.63) is 48.0 Å². The number of rotatable bonds is 12. The average molecular weight is 578 g/mol. The van der Waals surface area contributed by atoms with Crippen molar-refractivity contribution >= 4 is 17.6 Å². The predicted molar refractivity (Wildman–Crippen MR) is 165 cm³/mol. The summed E-state index contributed by atoms with van der Waals surface area (Å²) in [5.41, 5.74) is 8.54. The molecule has 2 aromatic carbocycles. The molecule has 1 amide bonds. The maximum atomic E-state index is 13.3. The number of hydrogen-bond acceptors (Lipinski definition) is 6. The second-order valence-corrected chi connectivity index (χ2v) is 12.2. The minimum Gasteiger partial charge on any atom is -0.493 e. The number of carbonyl (C=O) groups excluding carboxylic acids is 1. The summed E-state index contributed by atoms with van der Waals surface area (Å²) in [6.07, 6.45) is 13.7. The number of benzene rings is 2. The number of ether oxygens (including phenoxy) is 2. The first-order valence-electron chi connectivity index (χ1n) is 16.0. The van der Waals surface area contributed by atoms with Crippen LogP contribution in [0, 0.1) is 5.92 Å². The number of nitrogens with zero attached hydrogens (tertiary/aromatic N) is 3. The first-order valence-corrected chi connectivity index (χ1v) is 16.0. The Balaban J connectivity index is 1.28. The van der Waals surface area contributed by atoms with Gasteiger partial charge in [-0.25, -0.2) is 4.99 Å². The van der Waals surface area contributed by atoms with Gasteiger partial charge in [-0.05, 0) is 68.4 Å². The predicted octanol–water partition coefficient (Wildman–Crippen LogP) is 7.50. The third-order valence-corrected chi connectivity index (χ3v) is 9.27. The lowest BCUT2D eigenvalue weighted by atomic mass is 9.81. The topological polar surface area (TPSA) is 80.4 Å². The molecule has 1 heterocycles. The molecule has 0 unspecified atom stereocenters. The minimum absolute atomic E-state index is 0.175. The van der Waals surface area contributed by atoms with E-state index < -0.39 is 6.67 Å². The van der Waals surface area contributed by atoms with Gasteiger partial charge in [0.15, 0.2) is 5.96 Å². The highest BCUT2D eigenvalue weighted by molar-refractivity contribution is 5.84. The SMILES string of the molecule is CN(C(=O)CC[C@@H](C1CCCCC1)N1Cc2cc(Oc3cccc(OCCC[18F])c3)ccc2N=C1N)C1CCCCC1. The molecule has 42 heavy (non-hydrogen) atoms. The Bertz CT molecular complexity index is 1210. The number of carbonyl (C=O) groups is 1. The van der Waals surface area contributed by atoms with Crippen molar-refractivity contribution in [2.24, 2.45) is 16.6 Å². The van der Waals surface area contributed by atoms with Crippen molar-refractivity contribution in [2.75, 3.05) is 20.3 Å². The smallest absolute Gasteiger partial charge is 0.222 e. The summed E-state index contributed by atoms with van der Waals surface area (Å²) in [6, 6.07) is 13.9. The summed E-state index contributed by atoms with van der Waals surface area (Å²) in [5.74, 6) is 3.32. The number of amides is 1. The Hall–Kier alpha value is -3.29. The molecule has 2 aliphatic carbocycles. The molecule has 3 aliphatic rings. The standard InChI is InChI=1S/C34H47FN4O3/c1-38(27-12-6-3-7-13-27)33(40)19-18-32(25-10-4-2-5-11-25)39-24-26-22-30(16-17-31(26)37-34(39)36)42-29-15-8-14-28(23-29)41-21-9-20-35/h8,14-17,22-23,25,27,32H,2-7,9-13,18-21,24H2,1H3,(H2,36,37)/t32-/m0/s1/i35-1. The van der Waals surface area contributed by atoms with Gasteiger partial charge in [-0.3, -0.25) is 9.18 Å². The Morgan fingerprint density at radius 3 is 2.50 bits per heavy atom. The van der Waals surface area contributed by atoms with Crippen molar-refractivity contribution in [3.8, 4) is 17.2 Å². The number of fused-ring (bicyclic) bond motifs is 1. The van der Waals surface area contributed by atoms with Crippen molar-refractivity contribution in [2.45, 2.75) is 102 Å². The first-order chi connectivity index (χ1) is 20.5. The van der Waals surface area contributed by atoms with E-state index in [2.05, 4.69) is 4.90 Å². The second kappa shape index (κ2) is 14.7. The fraction of sp³-hybridized carbons (Fsp3) is 0.588. The van der Waals surface area contributed by atoms with Crippen LogP contribution in [0.1, 0.15) is 89.0 Å². The lowest BCUT2D eigenvalue weighted by molar-refractivity contribution is -0.133. The lowest BCUT2D eigenvalue weighted by Crippen LogP contribution is -2.49. The Labute approximate surface area is 250 Å². The Morgan fingerprint density at radius 1 is 1.02 bits per heavy atom. The first kappa shape index (κ1) is 30.2. The van der Waals surface area contributed by atoms with Crippen molar-refractivity contribution < 1.29 is 18.7 Å². The van der Waals surface area contributed by atoms with E-state index in [9.17, 15) is 9.18 Å². The molecular weight excluding hydrogens is 530 g/mol. The van der Waals surface area contributed by atoms with Gasteiger partial charge in [0, 0.05) is 50.1 Å². The molecule has 2 aromatic rings. The highest BCUT2D eigenvalue weighted by Crippen LogP contribution is 2.37. The van der Waals surface area contributed by atoms with Crippen LogP contribution in [-0.2, 0) is 11.3 Å². The molecule has 0 spiro atoms. The number of halogens is 1. The van der Waals surface area contributed by atoms with Crippen LogP contribution in [0.3, 0.4) is 0 Å². The molecule has 0 bridgehead atoms. The van der Waals surface area contributed by atoms with Crippen LogP contribution in [0.4, 0.5) is 10.1 Å². The molecule has 5 rings (SSSR count). The highest BCUT2D eigenvalue weighted by atomic mass is 18.2. The fourth-order valence-electron chi connectivity index (χ4n) is 6.89. The van der Waals surface area contributed by atoms with Crippen LogP contribution in [-0.4, -0.2) is 54.1 Å². The van der Waals surface area contributed by atoms with E-state index in [1.54, 1.807) is 0 Å². The van der Waals surface area contributed by atoms with E-state index >= 15 is 0 Å². The van der Waals surface area contributed by atoms with E-state index in [0.717, 1.165) is 30.5 Å². The number of aliphatic imine (C=N–C) groups is 1. The van der Waals surface area contributed by atoms with Gasteiger partial charge < -0.3 is 25.0 Å². The average Bonchev–Trinajstić information content (AvgIpc) is 3.02. The van der Waals surface area contributed by atoms with E-state index in [0.29, 0.717) is 61.2 Å². The van der Waals surface area contributed by atoms with Crippen LogP contribution < -0.4 is 15.2 Å². The van der Waals surface area contributed by atoms with E-state index in [1.807, 2.05) is 54.4 Å². The lowest BCUT2D eigenvalue weighted by Gasteiger charge is -2.41. The molecule has 1 atom stereocenters. The fourth-order valence-corrected chi connectivity index (χ4v) is 6.89. The highest BCUT2D eigenvalue weighted by Gasteiger charge is 2.33. The van der Waals surface area contributed by atoms with E-state index in [-0.39, 0.29) is 11.9 Å². The number of guanidine groups is 1. The summed E-state index contributed by atoms with van der Waals surface area (Å²) in [7, 11) is 1.99. The number of hydrogen-bond donors (Lipinski definition) is 1. The largest absolute Gasteiger partial charge is 0.493 e. The maximum Gasteiger partial charge on any atom is 0.222 e. The van der Waals surface area contributed by atoms with Crippen molar-refractivity contribution in [3.63, 3.8) is 0 Å². The molecule has 2 N–H and O–H groups in total. The van der Waals surface area contributed by atoms with Gasteiger partial charge in [0.05, 0.1) is 19.0 Å². The van der Waals surface area contributed by atoms with Gasteiger partial charge in [0.25, 0.3) is 0 Å². The summed E-state index contributed by atoms with van der Waals surface area (Å²) in [4.78, 5) is 22.4. The van der Waals surface area contributed by atoms with Gasteiger partial charge in [-0.2, -0.15) is 0 Å². The zero-order valence-electron chi connectivity index (χ0n) is 25.1. The van der Waals surface area contributed by atoms with Gasteiger partial charge in [0.1, 0.15) is 17.2 Å². The summed E-state index contributed by atoms with van der Waals surface area (Å²) < 4.78 is 24.3. The molecule has 1 aliphatic heterocycles. The second-order valence-electron chi connectivity index (χ2n) is 12.2. The summed E-state index contributed by atoms with van der Waals surface area (Å²) in [5, 5.41) is 0. The summed E-state index contributed by atoms with van der Waals surface area (Å²) in [6.45, 7) is 0.575. The minimum atomic E-state index is -0.398. The summed E-state index contributed by atoms with van der Waals surface area (Å²) >= 11 is 0. The van der Waals surface area contributed by atoms with Gasteiger partial charge in [0.2, 0.25) is 5.91 Å². The molecule has 2 saturated carbocycles. The normalized spacial score (nSPS) is 18.6. The number of nitrogens with two attached hydrogens (primary N) is 1. The molecule has 0 radical (unpaired) electrons. The maximum absolute atomic E-state index is 13.3. The third-order valence-electron chi connectivity index (χ3n) is 9.27. The Kier molecular flexibility index (Phi) is 10.6. The van der Waals surface area contributed by atoms with Gasteiger partial charge >= 0.3 is 0 Å². The molecule has 228 valence electrons. The van der Waals surface area contributed by atoms with Crippen LogP contribution in [0.5, 0.6) is 17.2 Å². The van der Waals surface area contributed by atoms with Gasteiger partial charge in [-0.15, -0.1) is 0 Å². The monoisotopic (exact) mass is 577 g/mol. The third kappa shape index (κ3) is 7.75. The zero-order chi connectivity index (χ0) is 29.3. The van der Waals surface area contributed by atoms with Crippen molar-refractivity contribution in [1.29, 1.82) is 0 Å². The zero-order valence-corrected chi connectivity index (χ0v) is 25.1. The van der Waals surface area contributed by atoms with Crippen LogP contribution in [0.2, 0.25) is 0 Å². The van der Waals surface area contributed by atoms with Gasteiger partial charge in [-0.1, -0.05) is 44.6 Å². The van der Waals surface area contributed by atoms with Crippen LogP contribution in [0.25, 0.3) is 0 Å². The number of alkyl halides is 1. The molecular formula is C34H47FN4O3. The van der Waals surface area contributed by atoms with Crippen molar-refractivity contribution in [1.82, 2.24) is 9.80 Å².